The highest BCUT2D eigenvalue weighted by Gasteiger charge is 2.21. The second-order valence-corrected chi connectivity index (χ2v) is 5.73. The third-order valence-electron chi connectivity index (χ3n) is 4.07. The molecule has 1 saturated heterocycles. The number of anilines is 1. The summed E-state index contributed by atoms with van der Waals surface area (Å²) in [4.78, 5) is 24.3. The van der Waals surface area contributed by atoms with Gasteiger partial charge in [-0.3, -0.25) is 4.68 Å². The maximum Gasteiger partial charge on any atom is 0.317 e. The van der Waals surface area contributed by atoms with E-state index in [2.05, 4.69) is 31.4 Å². The van der Waals surface area contributed by atoms with Gasteiger partial charge in [0.15, 0.2) is 0 Å². The minimum atomic E-state index is -0.0445. The number of nitrogens with one attached hydrogen (secondary N) is 1. The molecular weight excluding hydrogens is 320 g/mol. The van der Waals surface area contributed by atoms with Gasteiger partial charge in [0.2, 0.25) is 0 Å². The Morgan fingerprint density at radius 2 is 2.16 bits per heavy atom. The van der Waals surface area contributed by atoms with E-state index in [-0.39, 0.29) is 6.03 Å². The van der Waals surface area contributed by atoms with Crippen LogP contribution < -0.4 is 10.2 Å². The monoisotopic (exact) mass is 340 g/mol. The van der Waals surface area contributed by atoms with Crippen molar-refractivity contribution in [3.05, 3.63) is 36.5 Å². The van der Waals surface area contributed by atoms with Crippen molar-refractivity contribution >= 4 is 11.8 Å². The summed E-state index contributed by atoms with van der Waals surface area (Å²) in [6, 6.07) is 5.54. The van der Waals surface area contributed by atoms with Gasteiger partial charge in [0.25, 0.3) is 0 Å². The number of pyridine rings is 1. The number of rotatable bonds is 5. The minimum Gasteiger partial charge on any atom is -0.353 e. The van der Waals surface area contributed by atoms with Crippen LogP contribution in [0.15, 0.2) is 31.0 Å². The highest BCUT2D eigenvalue weighted by Crippen LogP contribution is 2.14. The molecule has 0 aliphatic carbocycles. The first kappa shape index (κ1) is 16.7. The third-order valence-corrected chi connectivity index (χ3v) is 4.07. The average Bonchev–Trinajstić information content (AvgIpc) is 3.19. The molecule has 0 unspecified atom stereocenters. The highest BCUT2D eigenvalue weighted by atomic mass is 16.2. The second-order valence-electron chi connectivity index (χ2n) is 5.73. The molecule has 1 fully saturated rings. The van der Waals surface area contributed by atoms with Crippen molar-refractivity contribution in [2.24, 2.45) is 0 Å². The number of carbonyl (C=O) groups excluding carboxylic acids is 1. The lowest BCUT2D eigenvalue weighted by Gasteiger charge is -2.35. The molecule has 0 aromatic carbocycles. The van der Waals surface area contributed by atoms with Gasteiger partial charge in [-0.15, -0.1) is 0 Å². The van der Waals surface area contributed by atoms with E-state index in [1.54, 1.807) is 34.2 Å². The first-order valence-corrected chi connectivity index (χ1v) is 8.22. The molecule has 2 aromatic heterocycles. The molecule has 0 saturated carbocycles. The number of nitriles is 1. The van der Waals surface area contributed by atoms with Crippen molar-refractivity contribution in [3.63, 3.8) is 0 Å². The van der Waals surface area contributed by atoms with Crippen LogP contribution in [-0.4, -0.2) is 63.4 Å². The van der Waals surface area contributed by atoms with Crippen molar-refractivity contribution in [3.8, 4) is 6.07 Å². The normalized spacial score (nSPS) is 14.2. The smallest absolute Gasteiger partial charge is 0.317 e. The summed E-state index contributed by atoms with van der Waals surface area (Å²) in [5.41, 5.74) is 0.595. The predicted molar refractivity (Wildman–Crippen MR) is 90.8 cm³/mol. The van der Waals surface area contributed by atoms with Crippen LogP contribution in [0.4, 0.5) is 10.6 Å². The Morgan fingerprint density at radius 3 is 2.88 bits per heavy atom. The van der Waals surface area contributed by atoms with Crippen LogP contribution in [0, 0.1) is 11.3 Å². The number of carbonyl (C=O) groups is 1. The van der Waals surface area contributed by atoms with Gasteiger partial charge in [-0.25, -0.2) is 14.8 Å². The number of amides is 2. The zero-order valence-electron chi connectivity index (χ0n) is 13.9. The fourth-order valence-corrected chi connectivity index (χ4v) is 2.70. The van der Waals surface area contributed by atoms with Crippen molar-refractivity contribution in [2.75, 3.05) is 37.6 Å². The Kier molecular flexibility index (Phi) is 5.41. The van der Waals surface area contributed by atoms with E-state index in [4.69, 9.17) is 5.26 Å². The standard InChI is InChI=1S/C16H20N8O/c17-11-14-2-4-19-15(10-14)22-6-8-23(9-7-22)16(25)20-3-1-5-24-13-18-12-21-24/h2,4,10,12-13H,1,3,5-9H2,(H,20,25). The molecule has 2 aromatic rings. The highest BCUT2D eigenvalue weighted by molar-refractivity contribution is 5.74. The molecule has 0 bridgehead atoms. The molecule has 9 nitrogen and oxygen atoms in total. The number of hydrogen-bond donors (Lipinski definition) is 1. The van der Waals surface area contributed by atoms with E-state index in [1.165, 1.54) is 6.33 Å². The van der Waals surface area contributed by atoms with E-state index >= 15 is 0 Å². The van der Waals surface area contributed by atoms with Crippen LogP contribution in [0.3, 0.4) is 0 Å². The molecule has 0 atom stereocenters. The molecule has 1 aliphatic rings. The van der Waals surface area contributed by atoms with Crippen LogP contribution in [0.5, 0.6) is 0 Å². The summed E-state index contributed by atoms with van der Waals surface area (Å²) in [5.74, 6) is 0.784. The first-order valence-electron chi connectivity index (χ1n) is 8.22. The molecule has 25 heavy (non-hydrogen) atoms. The van der Waals surface area contributed by atoms with Crippen LogP contribution in [0.2, 0.25) is 0 Å². The zero-order chi connectivity index (χ0) is 17.5. The number of urea groups is 1. The van der Waals surface area contributed by atoms with Gasteiger partial charge >= 0.3 is 6.03 Å². The van der Waals surface area contributed by atoms with Crippen molar-refractivity contribution in [1.82, 2.24) is 30.0 Å². The number of hydrogen-bond acceptors (Lipinski definition) is 6. The Labute approximate surface area is 145 Å². The Hall–Kier alpha value is -3.15. The lowest BCUT2D eigenvalue weighted by atomic mass is 10.2. The number of aryl methyl sites for hydroxylation is 1. The van der Waals surface area contributed by atoms with E-state index in [0.717, 1.165) is 18.8 Å². The van der Waals surface area contributed by atoms with Gasteiger partial charge in [0.05, 0.1) is 11.6 Å². The van der Waals surface area contributed by atoms with E-state index in [0.29, 0.717) is 38.3 Å². The largest absolute Gasteiger partial charge is 0.353 e. The van der Waals surface area contributed by atoms with Gasteiger partial charge in [-0.05, 0) is 18.6 Å². The number of nitrogens with zero attached hydrogens (tertiary/aromatic N) is 7. The predicted octanol–water partition coefficient (Wildman–Crippen LogP) is 0.467. The summed E-state index contributed by atoms with van der Waals surface area (Å²) >= 11 is 0. The van der Waals surface area contributed by atoms with Crippen LogP contribution >= 0.6 is 0 Å². The van der Waals surface area contributed by atoms with Crippen molar-refractivity contribution in [2.45, 2.75) is 13.0 Å². The Balaban J connectivity index is 1.40. The van der Waals surface area contributed by atoms with Gasteiger partial charge in [0.1, 0.15) is 18.5 Å². The average molecular weight is 340 g/mol. The summed E-state index contributed by atoms with van der Waals surface area (Å²) in [7, 11) is 0. The zero-order valence-corrected chi connectivity index (χ0v) is 13.9. The molecule has 3 rings (SSSR count). The number of aromatic nitrogens is 4. The topological polar surface area (TPSA) is 103 Å². The maximum absolute atomic E-state index is 12.2. The summed E-state index contributed by atoms with van der Waals surface area (Å²) < 4.78 is 1.74. The minimum absolute atomic E-state index is 0.0445. The molecule has 3 heterocycles. The van der Waals surface area contributed by atoms with Crippen LogP contribution in [0.1, 0.15) is 12.0 Å². The molecule has 2 amide bonds. The summed E-state index contributed by atoms with van der Waals surface area (Å²) in [6.45, 7) is 4.00. The molecule has 130 valence electrons. The van der Waals surface area contributed by atoms with Crippen LogP contribution in [-0.2, 0) is 6.54 Å². The van der Waals surface area contributed by atoms with E-state index in [9.17, 15) is 4.79 Å². The lowest BCUT2D eigenvalue weighted by molar-refractivity contribution is 0.194. The van der Waals surface area contributed by atoms with E-state index < -0.39 is 0 Å². The first-order chi connectivity index (χ1) is 12.3. The summed E-state index contributed by atoms with van der Waals surface area (Å²) in [6.07, 6.45) is 5.61. The molecule has 9 heteroatoms. The van der Waals surface area contributed by atoms with Gasteiger partial charge in [-0.2, -0.15) is 10.4 Å². The lowest BCUT2D eigenvalue weighted by Crippen LogP contribution is -2.52. The van der Waals surface area contributed by atoms with Crippen molar-refractivity contribution < 1.29 is 4.79 Å². The fraction of sp³-hybridized carbons (Fsp3) is 0.438. The van der Waals surface area contributed by atoms with Gasteiger partial charge in [0, 0.05) is 45.5 Å². The molecule has 1 N–H and O–H groups in total. The Bertz CT molecular complexity index is 731. The maximum atomic E-state index is 12.2. The quantitative estimate of drug-likeness (QED) is 0.794. The number of piperazine rings is 1. The van der Waals surface area contributed by atoms with E-state index in [1.807, 2.05) is 0 Å². The molecular formula is C16H20N8O. The SMILES string of the molecule is N#Cc1ccnc(N2CCN(C(=O)NCCCn3cncn3)CC2)c1. The molecule has 0 radical (unpaired) electrons. The van der Waals surface area contributed by atoms with Gasteiger partial charge < -0.3 is 15.1 Å². The summed E-state index contributed by atoms with van der Waals surface area (Å²) in [5, 5.41) is 15.9. The van der Waals surface area contributed by atoms with Gasteiger partial charge in [-0.1, -0.05) is 0 Å². The van der Waals surface area contributed by atoms with Crippen molar-refractivity contribution in [1.29, 1.82) is 5.26 Å². The van der Waals surface area contributed by atoms with Crippen LogP contribution in [0.25, 0.3) is 0 Å². The second kappa shape index (κ2) is 8.10. The molecule has 1 aliphatic heterocycles. The molecule has 0 spiro atoms. The fourth-order valence-electron chi connectivity index (χ4n) is 2.70. The third kappa shape index (κ3) is 4.44. The Morgan fingerprint density at radius 1 is 1.32 bits per heavy atom.